The maximum atomic E-state index is 12.8. The predicted molar refractivity (Wildman–Crippen MR) is 100 cm³/mol. The van der Waals surface area contributed by atoms with Crippen molar-refractivity contribution in [2.45, 2.75) is 16.9 Å². The molecule has 0 N–H and O–H groups in total. The minimum atomic E-state index is -0.708. The van der Waals surface area contributed by atoms with Gasteiger partial charge in [0, 0.05) is 12.5 Å². The predicted octanol–water partition coefficient (Wildman–Crippen LogP) is 3.17. The fourth-order valence-electron chi connectivity index (χ4n) is 2.94. The molecular weight excluding hydrogens is 386 g/mol. The number of nitro benzene ring substituents is 1. The third kappa shape index (κ3) is 3.07. The summed E-state index contributed by atoms with van der Waals surface area (Å²) in [6.45, 7) is 0. The maximum absolute atomic E-state index is 12.8. The highest BCUT2D eigenvalue weighted by Crippen LogP contribution is 2.39. The standard InChI is InChI=1S/C18H13N3O6S/c1-26-14-8-10(21(24)25)6-7-12(14)20-16(22)9-15(17(20)23)28-18-19-11-4-2-3-5-13(11)27-18/h2-8,15H,9H2,1H3. The summed E-state index contributed by atoms with van der Waals surface area (Å²) in [5.74, 6) is -0.807. The molecule has 2 heterocycles. The first-order chi connectivity index (χ1) is 13.5. The Hall–Kier alpha value is -3.40. The van der Waals surface area contributed by atoms with Gasteiger partial charge in [0.15, 0.2) is 5.58 Å². The van der Waals surface area contributed by atoms with E-state index in [1.165, 1.54) is 25.3 Å². The Labute approximate surface area is 162 Å². The number of methoxy groups -OCH3 is 1. The van der Waals surface area contributed by atoms with Gasteiger partial charge in [0.2, 0.25) is 11.8 Å². The van der Waals surface area contributed by atoms with Crippen LogP contribution in [0.4, 0.5) is 11.4 Å². The maximum Gasteiger partial charge on any atom is 0.273 e. The van der Waals surface area contributed by atoms with E-state index in [9.17, 15) is 19.7 Å². The monoisotopic (exact) mass is 399 g/mol. The summed E-state index contributed by atoms with van der Waals surface area (Å²) in [6.07, 6.45) is -0.0393. The number of para-hydroxylation sites is 2. The van der Waals surface area contributed by atoms with Gasteiger partial charge in [0.25, 0.3) is 10.9 Å². The van der Waals surface area contributed by atoms with Crippen molar-refractivity contribution in [3.8, 4) is 5.75 Å². The summed E-state index contributed by atoms with van der Waals surface area (Å²) < 4.78 is 10.8. The van der Waals surface area contributed by atoms with Crippen LogP contribution in [0.5, 0.6) is 5.75 Å². The van der Waals surface area contributed by atoms with E-state index in [4.69, 9.17) is 9.15 Å². The molecule has 1 unspecified atom stereocenters. The van der Waals surface area contributed by atoms with E-state index in [1.807, 2.05) is 12.1 Å². The van der Waals surface area contributed by atoms with Crippen molar-refractivity contribution >= 4 is 46.1 Å². The second-order valence-corrected chi connectivity index (χ2v) is 7.09. The SMILES string of the molecule is COc1cc([N+](=O)[O-])ccc1N1C(=O)CC(Sc2nc3ccccc3o2)C1=O. The van der Waals surface area contributed by atoms with Crippen molar-refractivity contribution in [1.29, 1.82) is 0 Å². The smallest absolute Gasteiger partial charge is 0.273 e. The van der Waals surface area contributed by atoms with E-state index < -0.39 is 22.0 Å². The van der Waals surface area contributed by atoms with Crippen LogP contribution in [0, 0.1) is 10.1 Å². The number of hydrogen-bond donors (Lipinski definition) is 0. The molecule has 0 radical (unpaired) electrons. The number of thioether (sulfide) groups is 1. The number of carbonyl (C=O) groups excluding carboxylic acids is 2. The number of rotatable bonds is 5. The number of non-ortho nitro benzene ring substituents is 1. The molecule has 2 aromatic carbocycles. The highest BCUT2D eigenvalue weighted by atomic mass is 32.2. The zero-order chi connectivity index (χ0) is 19.8. The first-order valence-corrected chi connectivity index (χ1v) is 9.07. The lowest BCUT2D eigenvalue weighted by Gasteiger charge is -2.17. The summed E-state index contributed by atoms with van der Waals surface area (Å²) in [6, 6.07) is 10.9. The van der Waals surface area contributed by atoms with Gasteiger partial charge in [0.1, 0.15) is 16.5 Å². The van der Waals surface area contributed by atoms with Crippen LogP contribution in [-0.2, 0) is 9.59 Å². The lowest BCUT2D eigenvalue weighted by atomic mass is 10.2. The summed E-state index contributed by atoms with van der Waals surface area (Å²) in [5.41, 5.74) is 1.23. The minimum absolute atomic E-state index is 0.0393. The van der Waals surface area contributed by atoms with Crippen LogP contribution in [0.25, 0.3) is 11.1 Å². The second-order valence-electron chi connectivity index (χ2n) is 5.94. The third-order valence-corrected chi connectivity index (χ3v) is 5.27. The fraction of sp³-hybridized carbons (Fsp3) is 0.167. The van der Waals surface area contributed by atoms with Gasteiger partial charge in [-0.15, -0.1) is 0 Å². The lowest BCUT2D eigenvalue weighted by molar-refractivity contribution is -0.384. The van der Waals surface area contributed by atoms with Crippen LogP contribution in [0.2, 0.25) is 0 Å². The Kier molecular flexibility index (Phi) is 4.47. The Morgan fingerprint density at radius 1 is 1.29 bits per heavy atom. The Morgan fingerprint density at radius 3 is 2.79 bits per heavy atom. The quantitative estimate of drug-likeness (QED) is 0.365. The van der Waals surface area contributed by atoms with Gasteiger partial charge in [-0.25, -0.2) is 9.88 Å². The molecule has 0 bridgehead atoms. The number of hydrogen-bond acceptors (Lipinski definition) is 8. The van der Waals surface area contributed by atoms with Crippen molar-refractivity contribution in [2.24, 2.45) is 0 Å². The first-order valence-electron chi connectivity index (χ1n) is 8.19. The number of nitrogens with zero attached hydrogens (tertiary/aromatic N) is 3. The number of fused-ring (bicyclic) bond motifs is 1. The number of carbonyl (C=O) groups is 2. The molecule has 1 aromatic heterocycles. The molecule has 1 fully saturated rings. The fourth-order valence-corrected chi connectivity index (χ4v) is 3.90. The molecule has 1 aliphatic rings. The Morgan fingerprint density at radius 2 is 2.07 bits per heavy atom. The summed E-state index contributed by atoms with van der Waals surface area (Å²) in [7, 11) is 1.32. The van der Waals surface area contributed by atoms with Crippen LogP contribution in [0.1, 0.15) is 6.42 Å². The number of aromatic nitrogens is 1. The van der Waals surface area contributed by atoms with Crippen LogP contribution in [-0.4, -0.2) is 34.1 Å². The van der Waals surface area contributed by atoms with E-state index in [1.54, 1.807) is 12.1 Å². The molecular formula is C18H13N3O6S. The van der Waals surface area contributed by atoms with Gasteiger partial charge in [-0.1, -0.05) is 23.9 Å². The average molecular weight is 399 g/mol. The highest BCUT2D eigenvalue weighted by Gasteiger charge is 2.42. The molecule has 3 aromatic rings. The first kappa shape index (κ1) is 18.0. The number of anilines is 1. The van der Waals surface area contributed by atoms with Gasteiger partial charge >= 0.3 is 0 Å². The van der Waals surface area contributed by atoms with E-state index in [-0.39, 0.29) is 23.5 Å². The van der Waals surface area contributed by atoms with Crippen molar-refractivity contribution in [1.82, 2.24) is 4.98 Å². The van der Waals surface area contributed by atoms with Crippen molar-refractivity contribution < 1.29 is 23.7 Å². The Balaban J connectivity index is 1.61. The molecule has 4 rings (SSSR count). The number of oxazole rings is 1. The van der Waals surface area contributed by atoms with Crippen LogP contribution in [0.15, 0.2) is 52.1 Å². The zero-order valence-electron chi connectivity index (χ0n) is 14.5. The van der Waals surface area contributed by atoms with Crippen molar-refractivity contribution in [2.75, 3.05) is 12.0 Å². The van der Waals surface area contributed by atoms with Crippen LogP contribution in [0.3, 0.4) is 0 Å². The molecule has 1 aliphatic heterocycles. The molecule has 142 valence electrons. The van der Waals surface area contributed by atoms with Gasteiger partial charge in [0.05, 0.1) is 23.8 Å². The van der Waals surface area contributed by atoms with Crippen molar-refractivity contribution in [3.63, 3.8) is 0 Å². The number of ether oxygens (including phenoxy) is 1. The normalized spacial score (nSPS) is 16.8. The molecule has 0 spiro atoms. The summed E-state index contributed by atoms with van der Waals surface area (Å²) >= 11 is 1.07. The largest absolute Gasteiger partial charge is 0.494 e. The molecule has 0 saturated carbocycles. The second kappa shape index (κ2) is 6.97. The molecule has 2 amide bonds. The van der Waals surface area contributed by atoms with E-state index in [0.717, 1.165) is 16.7 Å². The number of benzene rings is 2. The molecule has 1 atom stereocenters. The molecule has 10 heteroatoms. The summed E-state index contributed by atoms with van der Waals surface area (Å²) in [4.78, 5) is 41.0. The van der Waals surface area contributed by atoms with Crippen LogP contribution >= 0.6 is 11.8 Å². The van der Waals surface area contributed by atoms with Gasteiger partial charge < -0.3 is 9.15 Å². The molecule has 1 saturated heterocycles. The van der Waals surface area contributed by atoms with Gasteiger partial charge in [-0.2, -0.15) is 0 Å². The molecule has 0 aliphatic carbocycles. The van der Waals surface area contributed by atoms with Gasteiger partial charge in [-0.05, 0) is 18.2 Å². The van der Waals surface area contributed by atoms with Gasteiger partial charge in [-0.3, -0.25) is 19.7 Å². The van der Waals surface area contributed by atoms with Crippen molar-refractivity contribution in [3.05, 3.63) is 52.6 Å². The van der Waals surface area contributed by atoms with Crippen LogP contribution < -0.4 is 9.64 Å². The topological polar surface area (TPSA) is 116 Å². The average Bonchev–Trinajstić information content (AvgIpc) is 3.21. The summed E-state index contributed by atoms with van der Waals surface area (Å²) in [5, 5.41) is 10.5. The third-order valence-electron chi connectivity index (χ3n) is 4.24. The lowest BCUT2D eigenvalue weighted by Crippen LogP contribution is -2.31. The molecule has 28 heavy (non-hydrogen) atoms. The minimum Gasteiger partial charge on any atom is -0.494 e. The molecule has 9 nitrogen and oxygen atoms in total. The highest BCUT2D eigenvalue weighted by molar-refractivity contribution is 8.00. The number of nitro groups is 1. The van der Waals surface area contributed by atoms with E-state index in [2.05, 4.69) is 4.98 Å². The number of amides is 2. The Bertz CT molecular complexity index is 1080. The van der Waals surface area contributed by atoms with E-state index in [0.29, 0.717) is 16.3 Å². The number of imide groups is 1. The van der Waals surface area contributed by atoms with E-state index >= 15 is 0 Å². The zero-order valence-corrected chi connectivity index (χ0v) is 15.3.